The van der Waals surface area contributed by atoms with E-state index in [0.717, 1.165) is 18.4 Å². The predicted octanol–water partition coefficient (Wildman–Crippen LogP) is 3.43. The number of fused-ring (bicyclic) bond motifs is 1. The molecule has 3 rings (SSSR count). The highest BCUT2D eigenvalue weighted by molar-refractivity contribution is 6.31. The lowest BCUT2D eigenvalue weighted by Gasteiger charge is -2.29. The standard InChI is InChI=1S/C19H18ClN3O5/c1-28-11-18(24)22-8-2-3-12-4-6-14(10-17(12)22)21-19(25)15-9-13(20)5-7-16(15)23(26)27/h4-7,9-10H,2-3,8,11H2,1H3,(H,21,25). The summed E-state index contributed by atoms with van der Waals surface area (Å²) in [6.45, 7) is 0.525. The second kappa shape index (κ2) is 8.37. The number of nitro benzene ring substituents is 1. The second-order valence-electron chi connectivity index (χ2n) is 6.30. The van der Waals surface area contributed by atoms with Crippen LogP contribution < -0.4 is 10.2 Å². The monoisotopic (exact) mass is 403 g/mol. The number of ether oxygens (including phenoxy) is 1. The van der Waals surface area contributed by atoms with Gasteiger partial charge in [-0.2, -0.15) is 0 Å². The first-order valence-electron chi connectivity index (χ1n) is 8.58. The van der Waals surface area contributed by atoms with Gasteiger partial charge in [0.2, 0.25) is 0 Å². The number of rotatable bonds is 5. The Kier molecular flexibility index (Phi) is 5.91. The molecule has 0 spiro atoms. The summed E-state index contributed by atoms with van der Waals surface area (Å²) in [4.78, 5) is 37.1. The first kappa shape index (κ1) is 19.8. The number of nitrogens with one attached hydrogen (secondary N) is 1. The molecule has 28 heavy (non-hydrogen) atoms. The molecule has 0 radical (unpaired) electrons. The third-order valence-electron chi connectivity index (χ3n) is 4.43. The largest absolute Gasteiger partial charge is 0.375 e. The number of methoxy groups -OCH3 is 1. The highest BCUT2D eigenvalue weighted by atomic mass is 35.5. The summed E-state index contributed by atoms with van der Waals surface area (Å²) in [5, 5.41) is 14.1. The summed E-state index contributed by atoms with van der Waals surface area (Å²) >= 11 is 5.89. The van der Waals surface area contributed by atoms with Crippen molar-refractivity contribution in [2.45, 2.75) is 12.8 Å². The summed E-state index contributed by atoms with van der Waals surface area (Å²) in [5.41, 5.74) is 1.64. The highest BCUT2D eigenvalue weighted by Gasteiger charge is 2.24. The van der Waals surface area contributed by atoms with Crippen LogP contribution in [0.3, 0.4) is 0 Å². The lowest BCUT2D eigenvalue weighted by Crippen LogP contribution is -2.37. The van der Waals surface area contributed by atoms with E-state index in [2.05, 4.69) is 5.32 Å². The molecule has 0 aromatic heterocycles. The summed E-state index contributed by atoms with van der Waals surface area (Å²) < 4.78 is 4.93. The van der Waals surface area contributed by atoms with Crippen molar-refractivity contribution in [2.24, 2.45) is 0 Å². The van der Waals surface area contributed by atoms with E-state index in [0.29, 0.717) is 17.9 Å². The Morgan fingerprint density at radius 2 is 2.07 bits per heavy atom. The van der Waals surface area contributed by atoms with Crippen LogP contribution in [0.4, 0.5) is 17.1 Å². The molecule has 1 N–H and O–H groups in total. The van der Waals surface area contributed by atoms with E-state index in [1.807, 2.05) is 6.07 Å². The van der Waals surface area contributed by atoms with Crippen molar-refractivity contribution in [3.05, 3.63) is 62.7 Å². The fourth-order valence-corrected chi connectivity index (χ4v) is 3.33. The normalized spacial score (nSPS) is 13.0. The Bertz CT molecular complexity index is 947. The molecular weight excluding hydrogens is 386 g/mol. The van der Waals surface area contributed by atoms with Crippen LogP contribution in [-0.4, -0.2) is 37.0 Å². The lowest BCUT2D eigenvalue weighted by molar-refractivity contribution is -0.385. The topological polar surface area (TPSA) is 102 Å². The second-order valence-corrected chi connectivity index (χ2v) is 6.73. The quantitative estimate of drug-likeness (QED) is 0.608. The maximum Gasteiger partial charge on any atom is 0.282 e. The average molecular weight is 404 g/mol. The number of carbonyl (C=O) groups is 2. The molecule has 0 saturated heterocycles. The van der Waals surface area contributed by atoms with Crippen molar-refractivity contribution >= 4 is 40.5 Å². The van der Waals surface area contributed by atoms with Gasteiger partial charge in [-0.25, -0.2) is 0 Å². The van der Waals surface area contributed by atoms with Gasteiger partial charge >= 0.3 is 0 Å². The van der Waals surface area contributed by atoms with Gasteiger partial charge in [0.1, 0.15) is 12.2 Å². The van der Waals surface area contributed by atoms with E-state index in [1.165, 1.54) is 25.3 Å². The summed E-state index contributed by atoms with van der Waals surface area (Å²) in [6, 6.07) is 9.03. The van der Waals surface area contributed by atoms with E-state index < -0.39 is 10.8 Å². The third-order valence-corrected chi connectivity index (χ3v) is 4.67. The Morgan fingerprint density at radius 1 is 1.29 bits per heavy atom. The van der Waals surface area contributed by atoms with Crippen LogP contribution in [0.25, 0.3) is 0 Å². The number of benzene rings is 2. The average Bonchev–Trinajstić information content (AvgIpc) is 2.67. The van der Waals surface area contributed by atoms with Crippen molar-refractivity contribution in [3.63, 3.8) is 0 Å². The fourth-order valence-electron chi connectivity index (χ4n) is 3.16. The van der Waals surface area contributed by atoms with E-state index in [1.54, 1.807) is 17.0 Å². The summed E-state index contributed by atoms with van der Waals surface area (Å²) in [5.74, 6) is -0.822. The van der Waals surface area contributed by atoms with Crippen LogP contribution >= 0.6 is 11.6 Å². The molecule has 0 aliphatic carbocycles. The SMILES string of the molecule is COCC(=O)N1CCCc2ccc(NC(=O)c3cc(Cl)ccc3[N+](=O)[O-])cc21. The predicted molar refractivity (Wildman–Crippen MR) is 105 cm³/mol. The molecule has 2 amide bonds. The third kappa shape index (κ3) is 4.13. The van der Waals surface area contributed by atoms with Crippen LogP contribution in [0.1, 0.15) is 22.3 Å². The van der Waals surface area contributed by atoms with E-state index >= 15 is 0 Å². The Morgan fingerprint density at radius 3 is 2.79 bits per heavy atom. The number of aryl methyl sites for hydroxylation is 1. The van der Waals surface area contributed by atoms with Gasteiger partial charge in [-0.15, -0.1) is 0 Å². The Balaban J connectivity index is 1.89. The summed E-state index contributed by atoms with van der Waals surface area (Å²) in [6.07, 6.45) is 1.66. The number of nitro groups is 1. The van der Waals surface area contributed by atoms with Crippen LogP contribution in [0.2, 0.25) is 5.02 Å². The first-order chi connectivity index (χ1) is 13.4. The van der Waals surface area contributed by atoms with Gasteiger partial charge in [0.05, 0.1) is 4.92 Å². The molecule has 1 aliphatic heterocycles. The van der Waals surface area contributed by atoms with Gasteiger partial charge in [0.25, 0.3) is 17.5 Å². The van der Waals surface area contributed by atoms with Crippen LogP contribution in [0.5, 0.6) is 0 Å². The summed E-state index contributed by atoms with van der Waals surface area (Å²) in [7, 11) is 1.46. The van der Waals surface area contributed by atoms with Gasteiger partial charge in [-0.1, -0.05) is 17.7 Å². The van der Waals surface area contributed by atoms with Crippen molar-refractivity contribution < 1.29 is 19.2 Å². The van der Waals surface area contributed by atoms with Gasteiger partial charge in [-0.05, 0) is 42.7 Å². The number of halogens is 1. The molecule has 2 aromatic carbocycles. The molecule has 1 heterocycles. The lowest BCUT2D eigenvalue weighted by atomic mass is 10.0. The zero-order valence-corrected chi connectivity index (χ0v) is 15.9. The van der Waals surface area contributed by atoms with Gasteiger partial charge in [0.15, 0.2) is 0 Å². The Labute approximate surface area is 166 Å². The maximum atomic E-state index is 12.6. The minimum Gasteiger partial charge on any atom is -0.375 e. The number of nitrogens with zero attached hydrogens (tertiary/aromatic N) is 2. The fraction of sp³-hybridized carbons (Fsp3) is 0.263. The van der Waals surface area contributed by atoms with Crippen LogP contribution in [-0.2, 0) is 16.0 Å². The molecule has 146 valence electrons. The van der Waals surface area contributed by atoms with Crippen molar-refractivity contribution in [2.75, 3.05) is 30.5 Å². The zero-order valence-electron chi connectivity index (χ0n) is 15.1. The number of amides is 2. The molecule has 2 aromatic rings. The smallest absolute Gasteiger partial charge is 0.282 e. The number of carbonyl (C=O) groups excluding carboxylic acids is 2. The van der Waals surface area contributed by atoms with E-state index in [4.69, 9.17) is 16.3 Å². The molecule has 0 atom stereocenters. The minimum atomic E-state index is -0.653. The van der Waals surface area contributed by atoms with Gasteiger partial charge in [0, 0.05) is 36.1 Å². The zero-order chi connectivity index (χ0) is 20.3. The van der Waals surface area contributed by atoms with E-state index in [9.17, 15) is 19.7 Å². The van der Waals surface area contributed by atoms with Crippen LogP contribution in [0.15, 0.2) is 36.4 Å². The number of hydrogen-bond acceptors (Lipinski definition) is 5. The Hall–Kier alpha value is -2.97. The van der Waals surface area contributed by atoms with Gasteiger partial charge < -0.3 is 15.0 Å². The molecule has 8 nitrogen and oxygen atoms in total. The number of anilines is 2. The first-order valence-corrected chi connectivity index (χ1v) is 8.96. The molecule has 0 unspecified atom stereocenters. The van der Waals surface area contributed by atoms with E-state index in [-0.39, 0.29) is 28.8 Å². The molecule has 0 saturated carbocycles. The van der Waals surface area contributed by atoms with Crippen molar-refractivity contribution in [1.29, 1.82) is 0 Å². The molecule has 9 heteroatoms. The maximum absolute atomic E-state index is 12.6. The molecule has 0 fully saturated rings. The highest BCUT2D eigenvalue weighted by Crippen LogP contribution is 2.31. The van der Waals surface area contributed by atoms with Crippen LogP contribution in [0, 0.1) is 10.1 Å². The number of hydrogen-bond donors (Lipinski definition) is 1. The van der Waals surface area contributed by atoms with Crippen molar-refractivity contribution in [1.82, 2.24) is 0 Å². The molecular formula is C19H18ClN3O5. The molecule has 0 bridgehead atoms. The van der Waals surface area contributed by atoms with Gasteiger partial charge in [-0.3, -0.25) is 19.7 Å². The molecule has 1 aliphatic rings. The minimum absolute atomic E-state index is 0.0370. The van der Waals surface area contributed by atoms with Crippen molar-refractivity contribution in [3.8, 4) is 0 Å².